The van der Waals surface area contributed by atoms with E-state index < -0.39 is 9.84 Å². The van der Waals surface area contributed by atoms with Crippen molar-refractivity contribution in [3.63, 3.8) is 0 Å². The molecule has 0 aliphatic carbocycles. The lowest BCUT2D eigenvalue weighted by Crippen LogP contribution is -2.05. The van der Waals surface area contributed by atoms with Crippen molar-refractivity contribution in [1.82, 2.24) is 4.98 Å². The SMILES string of the molecule is CCS(=O)(=O)c1ccc(OC)c(Nc2ncc(-c3cccc(-c4ccc(F)cc4)c3)o2)c1. The Bertz CT molecular complexity index is 1350. The van der Waals surface area contributed by atoms with Gasteiger partial charge in [-0.1, -0.05) is 37.3 Å². The van der Waals surface area contributed by atoms with Crippen molar-refractivity contribution < 1.29 is 22.0 Å². The first kappa shape index (κ1) is 21.6. The van der Waals surface area contributed by atoms with Gasteiger partial charge in [0.2, 0.25) is 0 Å². The highest BCUT2D eigenvalue weighted by Crippen LogP contribution is 2.33. The molecule has 0 aliphatic rings. The average Bonchev–Trinajstić information content (AvgIpc) is 3.28. The Morgan fingerprint density at radius 2 is 1.75 bits per heavy atom. The maximum Gasteiger partial charge on any atom is 0.299 e. The molecule has 164 valence electrons. The molecule has 0 saturated heterocycles. The van der Waals surface area contributed by atoms with Gasteiger partial charge >= 0.3 is 0 Å². The number of ether oxygens (including phenoxy) is 1. The number of aromatic nitrogens is 1. The number of hydrogen-bond acceptors (Lipinski definition) is 6. The normalized spacial score (nSPS) is 11.3. The predicted octanol–water partition coefficient (Wildman–Crippen LogP) is 5.69. The van der Waals surface area contributed by atoms with E-state index >= 15 is 0 Å². The molecule has 1 aromatic heterocycles. The number of hydrogen-bond donors (Lipinski definition) is 1. The smallest absolute Gasteiger partial charge is 0.299 e. The fourth-order valence-electron chi connectivity index (χ4n) is 3.22. The van der Waals surface area contributed by atoms with Crippen LogP contribution < -0.4 is 10.1 Å². The third-order valence-electron chi connectivity index (χ3n) is 4.98. The van der Waals surface area contributed by atoms with Gasteiger partial charge in [-0.2, -0.15) is 0 Å². The number of oxazole rings is 1. The lowest BCUT2D eigenvalue weighted by atomic mass is 10.0. The second kappa shape index (κ2) is 8.84. The van der Waals surface area contributed by atoms with E-state index in [-0.39, 0.29) is 22.5 Å². The van der Waals surface area contributed by atoms with Gasteiger partial charge in [0.1, 0.15) is 11.6 Å². The number of nitrogens with one attached hydrogen (secondary N) is 1. The molecule has 1 heterocycles. The minimum atomic E-state index is -3.38. The summed E-state index contributed by atoms with van der Waals surface area (Å²) in [7, 11) is -1.88. The molecule has 0 bridgehead atoms. The molecule has 4 rings (SSSR count). The fourth-order valence-corrected chi connectivity index (χ4v) is 4.13. The molecule has 0 saturated carbocycles. The van der Waals surface area contributed by atoms with Gasteiger partial charge in [0.25, 0.3) is 6.01 Å². The Morgan fingerprint density at radius 3 is 2.47 bits per heavy atom. The summed E-state index contributed by atoms with van der Waals surface area (Å²) >= 11 is 0. The highest BCUT2D eigenvalue weighted by atomic mass is 32.2. The summed E-state index contributed by atoms with van der Waals surface area (Å²) in [6.07, 6.45) is 1.57. The van der Waals surface area contributed by atoms with E-state index in [1.54, 1.807) is 31.3 Å². The molecule has 6 nitrogen and oxygen atoms in total. The lowest BCUT2D eigenvalue weighted by Gasteiger charge is -2.11. The Hall–Kier alpha value is -3.65. The van der Waals surface area contributed by atoms with Crippen LogP contribution in [0.15, 0.2) is 82.2 Å². The van der Waals surface area contributed by atoms with Gasteiger partial charge in [0, 0.05) is 5.56 Å². The zero-order valence-electron chi connectivity index (χ0n) is 17.5. The van der Waals surface area contributed by atoms with Crippen molar-refractivity contribution in [3.05, 3.63) is 78.7 Å². The van der Waals surface area contributed by atoms with Crippen LogP contribution in [0.3, 0.4) is 0 Å². The number of nitrogens with zero attached hydrogens (tertiary/aromatic N) is 1. The first-order chi connectivity index (χ1) is 15.4. The molecular weight excluding hydrogens is 431 g/mol. The third kappa shape index (κ3) is 4.50. The van der Waals surface area contributed by atoms with Gasteiger partial charge in [-0.3, -0.25) is 0 Å². The van der Waals surface area contributed by atoms with E-state index in [4.69, 9.17) is 9.15 Å². The van der Waals surface area contributed by atoms with Crippen molar-refractivity contribution in [2.24, 2.45) is 0 Å². The standard InChI is InChI=1S/C24H21FN2O4S/c1-3-32(28,29)20-11-12-22(30-2)21(14-20)27-24-26-15-23(31-24)18-6-4-5-17(13-18)16-7-9-19(25)10-8-16/h4-15H,3H2,1-2H3,(H,26,27). The molecule has 0 aliphatic heterocycles. The number of benzene rings is 3. The van der Waals surface area contributed by atoms with Gasteiger partial charge in [0.05, 0.1) is 29.6 Å². The lowest BCUT2D eigenvalue weighted by molar-refractivity contribution is 0.416. The minimum Gasteiger partial charge on any atom is -0.495 e. The van der Waals surface area contributed by atoms with Crippen LogP contribution >= 0.6 is 0 Å². The zero-order valence-corrected chi connectivity index (χ0v) is 18.3. The van der Waals surface area contributed by atoms with E-state index in [2.05, 4.69) is 10.3 Å². The monoisotopic (exact) mass is 452 g/mol. The molecule has 3 aromatic carbocycles. The Labute approximate surface area is 185 Å². The van der Waals surface area contributed by atoms with Crippen molar-refractivity contribution >= 4 is 21.5 Å². The van der Waals surface area contributed by atoms with Crippen LogP contribution in [0.5, 0.6) is 5.75 Å². The fraction of sp³-hybridized carbons (Fsp3) is 0.125. The molecule has 0 atom stereocenters. The number of rotatable bonds is 7. The van der Waals surface area contributed by atoms with Crippen molar-refractivity contribution in [2.75, 3.05) is 18.2 Å². The van der Waals surface area contributed by atoms with Crippen LogP contribution in [0, 0.1) is 5.82 Å². The molecule has 8 heteroatoms. The van der Waals surface area contributed by atoms with E-state index in [9.17, 15) is 12.8 Å². The summed E-state index contributed by atoms with van der Waals surface area (Å²) in [5.74, 6) is 0.680. The molecule has 4 aromatic rings. The second-order valence-electron chi connectivity index (χ2n) is 7.01. The summed E-state index contributed by atoms with van der Waals surface area (Å²) < 4.78 is 48.9. The maximum absolute atomic E-state index is 13.2. The Balaban J connectivity index is 1.62. The van der Waals surface area contributed by atoms with Crippen molar-refractivity contribution in [2.45, 2.75) is 11.8 Å². The quantitative estimate of drug-likeness (QED) is 0.388. The van der Waals surface area contributed by atoms with Gasteiger partial charge in [-0.15, -0.1) is 0 Å². The van der Waals surface area contributed by atoms with Crippen LogP contribution in [-0.4, -0.2) is 26.3 Å². The van der Waals surface area contributed by atoms with E-state index in [1.807, 2.05) is 24.3 Å². The van der Waals surface area contributed by atoms with Gasteiger partial charge in [-0.25, -0.2) is 17.8 Å². The number of methoxy groups -OCH3 is 1. The summed E-state index contributed by atoms with van der Waals surface area (Å²) in [4.78, 5) is 4.44. The van der Waals surface area contributed by atoms with E-state index in [0.717, 1.165) is 16.7 Å². The molecular formula is C24H21FN2O4S. The molecule has 1 N–H and O–H groups in total. The molecule has 0 unspecified atom stereocenters. The van der Waals surface area contributed by atoms with Crippen molar-refractivity contribution in [3.8, 4) is 28.2 Å². The van der Waals surface area contributed by atoms with Crippen LogP contribution in [0.25, 0.3) is 22.5 Å². The summed E-state index contributed by atoms with van der Waals surface area (Å²) in [5, 5.41) is 2.99. The molecule has 0 spiro atoms. The van der Waals surface area contributed by atoms with Crippen LogP contribution in [0.2, 0.25) is 0 Å². The van der Waals surface area contributed by atoms with Crippen LogP contribution in [-0.2, 0) is 9.84 Å². The Morgan fingerprint density at radius 1 is 1.00 bits per heavy atom. The largest absolute Gasteiger partial charge is 0.495 e. The minimum absolute atomic E-state index is 0.00762. The number of anilines is 2. The van der Waals surface area contributed by atoms with Crippen molar-refractivity contribution in [1.29, 1.82) is 0 Å². The van der Waals surface area contributed by atoms with Gasteiger partial charge in [-0.05, 0) is 47.5 Å². The highest BCUT2D eigenvalue weighted by Gasteiger charge is 2.16. The van der Waals surface area contributed by atoms with E-state index in [1.165, 1.54) is 31.4 Å². The number of halogens is 1. The first-order valence-corrected chi connectivity index (χ1v) is 11.5. The topological polar surface area (TPSA) is 81.4 Å². The zero-order chi connectivity index (χ0) is 22.7. The number of sulfone groups is 1. The summed E-state index contributed by atoms with van der Waals surface area (Å²) in [5.41, 5.74) is 3.01. The second-order valence-corrected chi connectivity index (χ2v) is 9.29. The molecule has 0 fully saturated rings. The summed E-state index contributed by atoms with van der Waals surface area (Å²) in [6, 6.07) is 18.6. The maximum atomic E-state index is 13.2. The Kier molecular flexibility index (Phi) is 5.96. The molecule has 32 heavy (non-hydrogen) atoms. The highest BCUT2D eigenvalue weighted by molar-refractivity contribution is 7.91. The van der Waals surface area contributed by atoms with Crippen LogP contribution in [0.4, 0.5) is 16.1 Å². The predicted molar refractivity (Wildman–Crippen MR) is 121 cm³/mol. The first-order valence-electron chi connectivity index (χ1n) is 9.89. The van der Waals surface area contributed by atoms with Crippen LogP contribution in [0.1, 0.15) is 6.92 Å². The van der Waals surface area contributed by atoms with Gasteiger partial charge < -0.3 is 14.5 Å². The molecule has 0 radical (unpaired) electrons. The molecule has 0 amide bonds. The van der Waals surface area contributed by atoms with Gasteiger partial charge in [0.15, 0.2) is 15.6 Å². The third-order valence-corrected chi connectivity index (χ3v) is 6.71. The average molecular weight is 453 g/mol. The van der Waals surface area contributed by atoms with E-state index in [0.29, 0.717) is 17.2 Å². The summed E-state index contributed by atoms with van der Waals surface area (Å²) in [6.45, 7) is 1.59.